The van der Waals surface area contributed by atoms with E-state index in [2.05, 4.69) is 0 Å². The van der Waals surface area contributed by atoms with Crippen molar-refractivity contribution in [2.75, 3.05) is 0 Å². The standard InChI is InChI=1S/C21H26O6/c1-6-11(2)9-16(23)27-18-17-13(4)19(24)26-14(17)10-21(25)15(22)8-7-12(3)20(18,21)5/h9-10,12,18,25H,6-8H2,1-5H3/b11-9+/t12-,18+,20-,21?/m0/s1. The molecule has 1 fully saturated rings. The number of esters is 2. The second-order valence-electron chi connectivity index (χ2n) is 8.01. The van der Waals surface area contributed by atoms with E-state index in [4.69, 9.17) is 9.47 Å². The summed E-state index contributed by atoms with van der Waals surface area (Å²) in [6.07, 6.45) is 3.28. The van der Waals surface area contributed by atoms with Gasteiger partial charge in [0.1, 0.15) is 11.9 Å². The molecule has 1 N–H and O–H groups in total. The van der Waals surface area contributed by atoms with Gasteiger partial charge < -0.3 is 14.6 Å². The number of carbonyl (C=O) groups is 3. The molecule has 0 aromatic rings. The lowest BCUT2D eigenvalue weighted by Gasteiger charge is -2.55. The number of carbonyl (C=O) groups excluding carboxylic acids is 3. The maximum Gasteiger partial charge on any atom is 0.339 e. The van der Waals surface area contributed by atoms with Gasteiger partial charge >= 0.3 is 11.9 Å². The van der Waals surface area contributed by atoms with Crippen molar-refractivity contribution in [1.29, 1.82) is 0 Å². The SMILES string of the molecule is CC/C(C)=C/C(=O)O[C@@H]1C2=C(C)C(=O)OC2=CC2(O)C(=O)CC[C@H](C)[C@@]12C. The minimum Gasteiger partial charge on any atom is -0.453 e. The van der Waals surface area contributed by atoms with E-state index in [1.807, 2.05) is 20.8 Å². The van der Waals surface area contributed by atoms with Crippen LogP contribution >= 0.6 is 0 Å². The second-order valence-corrected chi connectivity index (χ2v) is 8.01. The van der Waals surface area contributed by atoms with Crippen LogP contribution < -0.4 is 0 Å². The highest BCUT2D eigenvalue weighted by Gasteiger charge is 2.66. The van der Waals surface area contributed by atoms with Gasteiger partial charge in [-0.3, -0.25) is 4.79 Å². The topological polar surface area (TPSA) is 89.9 Å². The molecule has 0 aromatic heterocycles. The quantitative estimate of drug-likeness (QED) is 0.603. The van der Waals surface area contributed by atoms with Gasteiger partial charge in [0.15, 0.2) is 11.4 Å². The van der Waals surface area contributed by atoms with Crippen LogP contribution in [0.1, 0.15) is 53.9 Å². The van der Waals surface area contributed by atoms with Gasteiger partial charge in [-0.05, 0) is 38.7 Å². The zero-order valence-corrected chi connectivity index (χ0v) is 16.4. The summed E-state index contributed by atoms with van der Waals surface area (Å²) in [5, 5.41) is 11.4. The number of ether oxygens (including phenoxy) is 2. The Morgan fingerprint density at radius 3 is 2.74 bits per heavy atom. The van der Waals surface area contributed by atoms with Crippen LogP contribution in [0.25, 0.3) is 0 Å². The minimum absolute atomic E-state index is 0.119. The van der Waals surface area contributed by atoms with Crippen molar-refractivity contribution in [3.8, 4) is 0 Å². The van der Waals surface area contributed by atoms with Crippen LogP contribution in [0.15, 0.2) is 34.6 Å². The molecule has 3 rings (SSSR count). The average molecular weight is 374 g/mol. The number of rotatable bonds is 3. The molecule has 6 nitrogen and oxygen atoms in total. The molecule has 1 unspecified atom stereocenters. The van der Waals surface area contributed by atoms with Crippen molar-refractivity contribution in [2.45, 2.75) is 65.6 Å². The lowest BCUT2D eigenvalue weighted by molar-refractivity contribution is -0.186. The Hall–Kier alpha value is -2.21. The van der Waals surface area contributed by atoms with Gasteiger partial charge in [0, 0.05) is 23.6 Å². The third-order valence-corrected chi connectivity index (χ3v) is 6.56. The Morgan fingerprint density at radius 1 is 1.44 bits per heavy atom. The van der Waals surface area contributed by atoms with Crippen LogP contribution in [-0.4, -0.2) is 34.5 Å². The Bertz CT molecular complexity index is 817. The van der Waals surface area contributed by atoms with Crippen LogP contribution in [0, 0.1) is 11.3 Å². The molecule has 1 heterocycles. The monoisotopic (exact) mass is 374 g/mol. The molecule has 0 saturated heterocycles. The predicted molar refractivity (Wildman–Crippen MR) is 97.3 cm³/mol. The summed E-state index contributed by atoms with van der Waals surface area (Å²) >= 11 is 0. The van der Waals surface area contributed by atoms with Gasteiger partial charge in [-0.1, -0.05) is 26.3 Å². The third kappa shape index (κ3) is 2.69. The molecule has 6 heteroatoms. The first-order valence-electron chi connectivity index (χ1n) is 9.35. The van der Waals surface area contributed by atoms with E-state index < -0.39 is 29.1 Å². The van der Waals surface area contributed by atoms with Crippen molar-refractivity contribution in [3.63, 3.8) is 0 Å². The molecule has 0 spiro atoms. The summed E-state index contributed by atoms with van der Waals surface area (Å²) in [4.78, 5) is 37.4. The Balaban J connectivity index is 2.18. The summed E-state index contributed by atoms with van der Waals surface area (Å²) in [5.41, 5.74) is -1.32. The molecule has 0 bridgehead atoms. The van der Waals surface area contributed by atoms with Gasteiger partial charge in [0.25, 0.3) is 0 Å². The fourth-order valence-electron chi connectivity index (χ4n) is 4.29. The third-order valence-electron chi connectivity index (χ3n) is 6.56. The first-order chi connectivity index (χ1) is 12.6. The second kappa shape index (κ2) is 6.44. The van der Waals surface area contributed by atoms with E-state index in [-0.39, 0.29) is 23.9 Å². The van der Waals surface area contributed by atoms with E-state index >= 15 is 0 Å². The van der Waals surface area contributed by atoms with Gasteiger partial charge in [-0.25, -0.2) is 9.59 Å². The zero-order chi connectivity index (χ0) is 20.1. The van der Waals surface area contributed by atoms with Gasteiger partial charge in [0.2, 0.25) is 0 Å². The molecule has 2 aliphatic carbocycles. The molecule has 0 amide bonds. The van der Waals surface area contributed by atoms with E-state index in [1.165, 1.54) is 12.2 Å². The van der Waals surface area contributed by atoms with Crippen molar-refractivity contribution in [2.24, 2.45) is 11.3 Å². The number of Topliss-reactive ketones (excluding diaryl/α,β-unsaturated/α-hetero) is 1. The van der Waals surface area contributed by atoms with Crippen LogP contribution in [0.5, 0.6) is 0 Å². The molecule has 1 saturated carbocycles. The smallest absolute Gasteiger partial charge is 0.339 e. The highest BCUT2D eigenvalue weighted by atomic mass is 16.6. The first kappa shape index (κ1) is 19.5. The van der Waals surface area contributed by atoms with E-state index in [1.54, 1.807) is 13.8 Å². The first-order valence-corrected chi connectivity index (χ1v) is 9.35. The molecule has 0 aromatic carbocycles. The molecule has 146 valence electrons. The fourth-order valence-corrected chi connectivity index (χ4v) is 4.29. The molecule has 3 aliphatic rings. The van der Waals surface area contributed by atoms with Gasteiger partial charge in [-0.15, -0.1) is 0 Å². The minimum atomic E-state index is -1.86. The highest BCUT2D eigenvalue weighted by Crippen LogP contribution is 2.57. The number of allylic oxidation sites excluding steroid dienone is 1. The molecule has 27 heavy (non-hydrogen) atoms. The lowest BCUT2D eigenvalue weighted by Crippen LogP contribution is -2.65. The van der Waals surface area contributed by atoms with Crippen LogP contribution in [-0.2, 0) is 23.9 Å². The summed E-state index contributed by atoms with van der Waals surface area (Å²) in [6, 6.07) is 0. The number of aliphatic hydroxyl groups is 1. The molecular formula is C21H26O6. The van der Waals surface area contributed by atoms with Gasteiger partial charge in [-0.2, -0.15) is 0 Å². The number of hydrogen-bond donors (Lipinski definition) is 1. The van der Waals surface area contributed by atoms with Gasteiger partial charge in [0.05, 0.1) is 5.41 Å². The normalized spacial score (nSPS) is 36.1. The average Bonchev–Trinajstić information content (AvgIpc) is 2.88. The Kier molecular flexibility index (Phi) is 4.67. The number of ketones is 1. The van der Waals surface area contributed by atoms with E-state index in [0.717, 1.165) is 5.57 Å². The zero-order valence-electron chi connectivity index (χ0n) is 16.4. The van der Waals surface area contributed by atoms with Crippen LogP contribution in [0.2, 0.25) is 0 Å². The number of fused-ring (bicyclic) bond motifs is 2. The highest BCUT2D eigenvalue weighted by molar-refractivity contribution is 5.98. The van der Waals surface area contributed by atoms with E-state index in [9.17, 15) is 19.5 Å². The molecule has 0 radical (unpaired) electrons. The van der Waals surface area contributed by atoms with Crippen molar-refractivity contribution >= 4 is 17.7 Å². The fraction of sp³-hybridized carbons (Fsp3) is 0.571. The maximum atomic E-state index is 12.7. The van der Waals surface area contributed by atoms with Crippen molar-refractivity contribution in [3.05, 3.63) is 34.6 Å². The molecular weight excluding hydrogens is 348 g/mol. The lowest BCUT2D eigenvalue weighted by atomic mass is 9.52. The van der Waals surface area contributed by atoms with Crippen LogP contribution in [0.4, 0.5) is 0 Å². The largest absolute Gasteiger partial charge is 0.453 e. The predicted octanol–water partition coefficient (Wildman–Crippen LogP) is 2.76. The summed E-state index contributed by atoms with van der Waals surface area (Å²) in [7, 11) is 0. The Labute approximate surface area is 158 Å². The summed E-state index contributed by atoms with van der Waals surface area (Å²) in [6.45, 7) is 9.04. The van der Waals surface area contributed by atoms with Crippen LogP contribution in [0.3, 0.4) is 0 Å². The number of hydrogen-bond acceptors (Lipinski definition) is 6. The molecule has 1 aliphatic heterocycles. The van der Waals surface area contributed by atoms with Crippen molar-refractivity contribution < 1.29 is 29.0 Å². The Morgan fingerprint density at radius 2 is 2.11 bits per heavy atom. The maximum absolute atomic E-state index is 12.7. The molecule has 4 atom stereocenters. The summed E-state index contributed by atoms with van der Waals surface area (Å²) in [5.74, 6) is -1.47. The van der Waals surface area contributed by atoms with E-state index in [0.29, 0.717) is 24.0 Å². The van der Waals surface area contributed by atoms with Crippen molar-refractivity contribution in [1.82, 2.24) is 0 Å². The summed E-state index contributed by atoms with van der Waals surface area (Å²) < 4.78 is 11.1.